The van der Waals surface area contributed by atoms with E-state index in [-0.39, 0.29) is 24.6 Å². The highest BCUT2D eigenvalue weighted by Crippen LogP contribution is 2.29. The summed E-state index contributed by atoms with van der Waals surface area (Å²) in [5, 5.41) is 13.2. The van der Waals surface area contributed by atoms with Gasteiger partial charge < -0.3 is 24.3 Å². The van der Waals surface area contributed by atoms with Crippen LogP contribution in [0.25, 0.3) is 10.9 Å². The largest absolute Gasteiger partial charge is 0.459 e. The van der Waals surface area contributed by atoms with E-state index >= 15 is 0 Å². The zero-order valence-corrected chi connectivity index (χ0v) is 29.5. The Labute approximate surface area is 290 Å². The molecule has 2 fully saturated rings. The molecule has 0 spiro atoms. The first kappa shape index (κ1) is 35.9. The number of carbonyl (C=O) groups excluding carboxylic acids is 3. The number of carbonyl (C=O) groups is 3. The van der Waals surface area contributed by atoms with Crippen molar-refractivity contribution in [3.05, 3.63) is 71.4 Å². The van der Waals surface area contributed by atoms with Gasteiger partial charge in [-0.3, -0.25) is 9.69 Å². The lowest BCUT2D eigenvalue weighted by Gasteiger charge is -2.32. The highest BCUT2D eigenvalue weighted by molar-refractivity contribution is 5.84. The maximum Gasteiger partial charge on any atom is 0.408 e. The van der Waals surface area contributed by atoms with Gasteiger partial charge in [0.25, 0.3) is 0 Å². The number of esters is 1. The minimum absolute atomic E-state index is 0.120. The van der Waals surface area contributed by atoms with E-state index < -0.39 is 23.7 Å². The Hall–Kier alpha value is -4.36. The van der Waals surface area contributed by atoms with Crippen molar-refractivity contribution in [2.24, 2.45) is 0 Å². The second-order valence-corrected chi connectivity index (χ2v) is 14.3. The fraction of sp³-hybridized carbons (Fsp3) is 0.538. The average molecular weight is 670 g/mol. The summed E-state index contributed by atoms with van der Waals surface area (Å²) in [6, 6.07) is 18.9. The Balaban J connectivity index is 1.17. The van der Waals surface area contributed by atoms with Crippen molar-refractivity contribution in [1.82, 2.24) is 19.7 Å². The van der Waals surface area contributed by atoms with E-state index in [1.165, 1.54) is 5.69 Å². The third-order valence-corrected chi connectivity index (χ3v) is 9.62. The van der Waals surface area contributed by atoms with Gasteiger partial charge in [-0.15, -0.1) is 0 Å². The van der Waals surface area contributed by atoms with Crippen molar-refractivity contribution >= 4 is 28.9 Å². The smallest absolute Gasteiger partial charge is 0.408 e. The molecule has 10 heteroatoms. The highest BCUT2D eigenvalue weighted by atomic mass is 16.6. The summed E-state index contributed by atoms with van der Waals surface area (Å²) < 4.78 is 13.3. The number of rotatable bonds is 13. The van der Waals surface area contributed by atoms with Crippen LogP contribution in [0.15, 0.2) is 54.6 Å². The molecular formula is C39H51N5O5. The fourth-order valence-electron chi connectivity index (χ4n) is 7.29. The second kappa shape index (κ2) is 16.4. The van der Waals surface area contributed by atoms with E-state index in [4.69, 9.17) is 9.47 Å². The quantitative estimate of drug-likeness (QED) is 0.211. The van der Waals surface area contributed by atoms with Crippen LogP contribution in [0.1, 0.15) is 89.5 Å². The predicted molar refractivity (Wildman–Crippen MR) is 189 cm³/mol. The Morgan fingerprint density at radius 2 is 1.82 bits per heavy atom. The number of ether oxygens (including phenoxy) is 2. The Morgan fingerprint density at radius 1 is 1.04 bits per heavy atom. The molecule has 2 saturated heterocycles. The number of aryl methyl sites for hydroxylation is 2. The number of alkyl carbamates (subject to hydrolysis) is 1. The van der Waals surface area contributed by atoms with Gasteiger partial charge in [0.1, 0.15) is 18.2 Å². The van der Waals surface area contributed by atoms with Gasteiger partial charge in [-0.25, -0.2) is 9.59 Å². The highest BCUT2D eigenvalue weighted by Gasteiger charge is 2.38. The van der Waals surface area contributed by atoms with Crippen LogP contribution in [-0.4, -0.2) is 75.7 Å². The van der Waals surface area contributed by atoms with E-state index in [2.05, 4.69) is 38.7 Å². The van der Waals surface area contributed by atoms with Crippen LogP contribution < -0.4 is 5.32 Å². The number of nitrogens with zero attached hydrogens (tertiary/aromatic N) is 4. The van der Waals surface area contributed by atoms with Crippen molar-refractivity contribution in [1.29, 1.82) is 5.26 Å². The molecule has 2 aliphatic rings. The van der Waals surface area contributed by atoms with E-state index in [1.807, 2.05) is 48.5 Å². The summed E-state index contributed by atoms with van der Waals surface area (Å²) >= 11 is 0. The minimum atomic E-state index is -0.858. The molecule has 0 saturated carbocycles. The van der Waals surface area contributed by atoms with Gasteiger partial charge in [-0.1, -0.05) is 36.4 Å². The van der Waals surface area contributed by atoms with Crippen LogP contribution in [0.3, 0.4) is 0 Å². The molecule has 3 heterocycles. The molecule has 262 valence electrons. The van der Waals surface area contributed by atoms with E-state index in [9.17, 15) is 19.6 Å². The summed E-state index contributed by atoms with van der Waals surface area (Å²) in [5.41, 5.74) is 3.16. The normalized spacial score (nSPS) is 18.7. The number of aromatic nitrogens is 1. The van der Waals surface area contributed by atoms with Crippen molar-refractivity contribution < 1.29 is 23.9 Å². The van der Waals surface area contributed by atoms with E-state index in [1.54, 1.807) is 20.8 Å². The van der Waals surface area contributed by atoms with Crippen LogP contribution in [0.5, 0.6) is 0 Å². The molecule has 2 aromatic carbocycles. The molecule has 3 aromatic rings. The van der Waals surface area contributed by atoms with E-state index in [0.29, 0.717) is 24.9 Å². The average Bonchev–Trinajstić information content (AvgIpc) is 3.83. The summed E-state index contributed by atoms with van der Waals surface area (Å²) in [7, 11) is 0. The Morgan fingerprint density at radius 3 is 2.55 bits per heavy atom. The van der Waals surface area contributed by atoms with Gasteiger partial charge in [0, 0.05) is 30.3 Å². The molecular weight excluding hydrogens is 618 g/mol. The number of amides is 2. The van der Waals surface area contributed by atoms with Crippen molar-refractivity contribution in [3.63, 3.8) is 0 Å². The molecule has 3 atom stereocenters. The lowest BCUT2D eigenvalue weighted by Crippen LogP contribution is -2.48. The predicted octanol–water partition coefficient (Wildman–Crippen LogP) is 6.34. The van der Waals surface area contributed by atoms with Crippen LogP contribution in [0.2, 0.25) is 0 Å². The summed E-state index contributed by atoms with van der Waals surface area (Å²) in [6.45, 7) is 10.7. The van der Waals surface area contributed by atoms with Crippen LogP contribution in [-0.2, 0) is 38.6 Å². The third-order valence-electron chi connectivity index (χ3n) is 9.62. The molecule has 49 heavy (non-hydrogen) atoms. The zero-order chi connectivity index (χ0) is 35.0. The lowest BCUT2D eigenvalue weighted by molar-refractivity contribution is -0.147. The molecule has 0 bridgehead atoms. The maximum atomic E-state index is 14.0. The van der Waals surface area contributed by atoms with Crippen molar-refractivity contribution in [2.75, 3.05) is 19.6 Å². The van der Waals surface area contributed by atoms with Gasteiger partial charge in [0.2, 0.25) is 5.91 Å². The number of likely N-dealkylation sites (tertiary alicyclic amines) is 2. The SMILES string of the molecule is CCn1c(CC[C@@H]2CCCN2C(=O)[C@H]2CCCN2CCC[C@H](NC(=O)OC(C)(C)C)C(=O)OCc2ccccc2)cc2ccc(C#N)cc21. The number of nitrogens with one attached hydrogen (secondary N) is 1. The minimum Gasteiger partial charge on any atom is -0.459 e. The monoisotopic (exact) mass is 669 g/mol. The molecule has 0 aliphatic carbocycles. The number of fused-ring (bicyclic) bond motifs is 1. The van der Waals surface area contributed by atoms with Gasteiger partial charge in [0.15, 0.2) is 0 Å². The topological polar surface area (TPSA) is 117 Å². The molecule has 0 unspecified atom stereocenters. The lowest BCUT2D eigenvalue weighted by atomic mass is 10.1. The van der Waals surface area contributed by atoms with Crippen LogP contribution in [0.4, 0.5) is 4.79 Å². The molecule has 0 radical (unpaired) electrons. The number of hydrogen-bond acceptors (Lipinski definition) is 7. The van der Waals surface area contributed by atoms with Crippen molar-refractivity contribution in [2.45, 2.75) is 116 Å². The number of hydrogen-bond donors (Lipinski definition) is 1. The van der Waals surface area contributed by atoms with Gasteiger partial charge in [-0.05, 0) is 121 Å². The Kier molecular flexibility index (Phi) is 12.0. The molecule has 1 aromatic heterocycles. The van der Waals surface area contributed by atoms with Gasteiger partial charge in [0.05, 0.1) is 17.7 Å². The second-order valence-electron chi connectivity index (χ2n) is 14.3. The first-order valence-corrected chi connectivity index (χ1v) is 17.8. The number of benzene rings is 2. The first-order valence-electron chi connectivity index (χ1n) is 17.8. The van der Waals surface area contributed by atoms with Gasteiger partial charge in [-0.2, -0.15) is 5.26 Å². The Bertz CT molecular complexity index is 1640. The summed E-state index contributed by atoms with van der Waals surface area (Å²) in [4.78, 5) is 44.1. The zero-order valence-electron chi connectivity index (χ0n) is 29.5. The summed E-state index contributed by atoms with van der Waals surface area (Å²) in [5.74, 6) is -0.295. The molecule has 10 nitrogen and oxygen atoms in total. The van der Waals surface area contributed by atoms with Crippen LogP contribution in [0, 0.1) is 11.3 Å². The van der Waals surface area contributed by atoms with Crippen molar-refractivity contribution in [3.8, 4) is 6.07 Å². The standard InChI is InChI=1S/C39H51N5O5/c1-5-43-32(25-30-18-17-29(26-40)24-35(30)43)20-19-31-14-9-23-44(31)36(45)34-16-11-22-42(34)21-10-15-33(41-38(47)49-39(2,3)4)37(46)48-27-28-12-7-6-8-13-28/h6-8,12-13,17-18,24-25,31,33-34H,5,9-11,14-16,19-23,27H2,1-4H3,(H,41,47)/t31-,33-,34+/m0/s1. The molecule has 2 aliphatic heterocycles. The van der Waals surface area contributed by atoms with E-state index in [0.717, 1.165) is 74.6 Å². The first-order chi connectivity index (χ1) is 23.6. The number of nitriles is 1. The third kappa shape index (κ3) is 9.42. The summed E-state index contributed by atoms with van der Waals surface area (Å²) in [6.07, 6.45) is 5.90. The maximum absolute atomic E-state index is 14.0. The molecule has 2 amide bonds. The molecule has 1 N–H and O–H groups in total. The molecule has 5 rings (SSSR count). The van der Waals surface area contributed by atoms with Crippen LogP contribution >= 0.6 is 0 Å². The van der Waals surface area contributed by atoms with Gasteiger partial charge >= 0.3 is 12.1 Å². The fourth-order valence-corrected chi connectivity index (χ4v) is 7.29.